The summed E-state index contributed by atoms with van der Waals surface area (Å²) in [4.78, 5) is 28.9. The van der Waals surface area contributed by atoms with E-state index < -0.39 is 6.04 Å². The van der Waals surface area contributed by atoms with Gasteiger partial charge in [-0.25, -0.2) is 9.67 Å². The lowest BCUT2D eigenvalue weighted by Crippen LogP contribution is -2.41. The van der Waals surface area contributed by atoms with Gasteiger partial charge in [0.05, 0.1) is 30.7 Å². The van der Waals surface area contributed by atoms with Gasteiger partial charge in [-0.15, -0.1) is 16.4 Å². The van der Waals surface area contributed by atoms with Crippen molar-refractivity contribution in [2.24, 2.45) is 5.92 Å². The molecule has 170 valence electrons. The Hall–Kier alpha value is -2.59. The van der Waals surface area contributed by atoms with Crippen LogP contribution in [-0.2, 0) is 16.1 Å². The molecule has 2 N–H and O–H groups in total. The maximum Gasteiger partial charge on any atom is 0.222 e. The van der Waals surface area contributed by atoms with Gasteiger partial charge >= 0.3 is 0 Å². The highest BCUT2D eigenvalue weighted by atomic mass is 79.9. The topological polar surface area (TPSA) is 102 Å². The van der Waals surface area contributed by atoms with Crippen molar-refractivity contribution in [1.29, 1.82) is 0 Å². The first kappa shape index (κ1) is 24.1. The third-order valence-electron chi connectivity index (χ3n) is 4.80. The van der Waals surface area contributed by atoms with Gasteiger partial charge in [0.15, 0.2) is 0 Å². The summed E-state index contributed by atoms with van der Waals surface area (Å²) in [6.45, 7) is 6.19. The summed E-state index contributed by atoms with van der Waals surface area (Å²) in [7, 11) is 0. The molecule has 0 spiro atoms. The lowest BCUT2D eigenvalue weighted by molar-refractivity contribution is -0.123. The van der Waals surface area contributed by atoms with E-state index in [1.807, 2.05) is 35.8 Å². The first-order valence-electron chi connectivity index (χ1n) is 10.4. The number of nitrogens with one attached hydrogen (secondary N) is 2. The molecule has 2 heterocycles. The highest BCUT2D eigenvalue weighted by Gasteiger charge is 2.21. The van der Waals surface area contributed by atoms with Gasteiger partial charge in [0, 0.05) is 22.8 Å². The Morgan fingerprint density at radius 2 is 1.91 bits per heavy atom. The molecule has 0 aliphatic rings. The number of halogens is 1. The van der Waals surface area contributed by atoms with Gasteiger partial charge in [-0.05, 0) is 30.0 Å². The minimum atomic E-state index is -0.400. The average Bonchev–Trinajstić information content (AvgIpc) is 3.39. The molecule has 0 aliphatic carbocycles. The van der Waals surface area contributed by atoms with Crippen molar-refractivity contribution in [3.05, 3.63) is 51.4 Å². The van der Waals surface area contributed by atoms with Crippen LogP contribution in [0.4, 0.5) is 0 Å². The monoisotopic (exact) mass is 518 g/mol. The van der Waals surface area contributed by atoms with Crippen molar-refractivity contribution in [2.75, 3.05) is 0 Å². The van der Waals surface area contributed by atoms with Crippen LogP contribution >= 0.6 is 27.3 Å². The fourth-order valence-electron chi connectivity index (χ4n) is 3.48. The molecular weight excluding hydrogens is 492 g/mol. The van der Waals surface area contributed by atoms with Crippen LogP contribution in [0.5, 0.6) is 0 Å². The molecule has 0 saturated carbocycles. The minimum absolute atomic E-state index is 0.115. The standard InChI is InChI=1S/C22H27BrN6O2S/c1-14(2)8-18(10-29-11-20(27-28-29)21-12-32-13-24-21)26-22(31)9-19(25-15(3)30)16-4-6-17(23)7-5-16/h4-7,11-14,18-19H,8-10H2,1-3H3,(H,25,30)(H,26,31)/t18-,19?/m0/s1. The first-order chi connectivity index (χ1) is 15.3. The van der Waals surface area contributed by atoms with Gasteiger partial charge < -0.3 is 10.6 Å². The molecule has 2 atom stereocenters. The Labute approximate surface area is 200 Å². The lowest BCUT2D eigenvalue weighted by Gasteiger charge is -2.23. The summed E-state index contributed by atoms with van der Waals surface area (Å²) in [5.41, 5.74) is 4.14. The van der Waals surface area contributed by atoms with E-state index in [9.17, 15) is 9.59 Å². The number of nitrogens with zero attached hydrogens (tertiary/aromatic N) is 4. The van der Waals surface area contributed by atoms with Crippen molar-refractivity contribution in [2.45, 2.75) is 52.2 Å². The van der Waals surface area contributed by atoms with E-state index in [2.05, 4.69) is 55.7 Å². The van der Waals surface area contributed by atoms with Crippen LogP contribution in [-0.4, -0.2) is 37.8 Å². The Kier molecular flexibility index (Phi) is 8.52. The SMILES string of the molecule is CC(=O)NC(CC(=O)N[C@@H](CC(C)C)Cn1cc(-c2cscn2)nn1)c1ccc(Br)cc1. The fraction of sp³-hybridized carbons (Fsp3) is 0.409. The van der Waals surface area contributed by atoms with Gasteiger partial charge in [0.1, 0.15) is 11.4 Å². The smallest absolute Gasteiger partial charge is 0.222 e. The maximum atomic E-state index is 12.9. The van der Waals surface area contributed by atoms with Crippen LogP contribution in [0.15, 0.2) is 45.8 Å². The number of benzene rings is 1. The second kappa shape index (κ2) is 11.3. The number of carbonyl (C=O) groups is 2. The van der Waals surface area contributed by atoms with Crippen LogP contribution in [0.25, 0.3) is 11.4 Å². The summed E-state index contributed by atoms with van der Waals surface area (Å²) in [6, 6.07) is 7.08. The van der Waals surface area contributed by atoms with E-state index in [1.54, 1.807) is 10.2 Å². The van der Waals surface area contributed by atoms with Crippen LogP contribution < -0.4 is 10.6 Å². The average molecular weight is 519 g/mol. The predicted octanol–water partition coefficient (Wildman–Crippen LogP) is 3.96. The number of amides is 2. The molecule has 2 amide bonds. The van der Waals surface area contributed by atoms with E-state index in [-0.39, 0.29) is 24.3 Å². The fourth-order valence-corrected chi connectivity index (χ4v) is 4.29. The third-order valence-corrected chi connectivity index (χ3v) is 5.92. The van der Waals surface area contributed by atoms with Crippen molar-refractivity contribution >= 4 is 39.1 Å². The number of hydrogen-bond donors (Lipinski definition) is 2. The van der Waals surface area contributed by atoms with Crippen LogP contribution in [0.3, 0.4) is 0 Å². The predicted molar refractivity (Wildman–Crippen MR) is 128 cm³/mol. The lowest BCUT2D eigenvalue weighted by atomic mass is 10.0. The Bertz CT molecular complexity index is 1020. The number of thiazole rings is 1. The number of carbonyl (C=O) groups excluding carboxylic acids is 2. The summed E-state index contributed by atoms with van der Waals surface area (Å²) in [5.74, 6) is 0.0817. The molecular formula is C22H27BrN6O2S. The molecule has 0 aliphatic heterocycles. The van der Waals surface area contributed by atoms with Crippen molar-refractivity contribution in [1.82, 2.24) is 30.6 Å². The Morgan fingerprint density at radius 3 is 2.53 bits per heavy atom. The zero-order chi connectivity index (χ0) is 23.1. The molecule has 2 aromatic heterocycles. The number of hydrogen-bond acceptors (Lipinski definition) is 6. The molecule has 1 aromatic carbocycles. The summed E-state index contributed by atoms with van der Waals surface area (Å²) in [6.07, 6.45) is 2.79. The van der Waals surface area contributed by atoms with E-state index in [0.717, 1.165) is 22.2 Å². The van der Waals surface area contributed by atoms with Crippen LogP contribution in [0, 0.1) is 5.92 Å². The molecule has 0 saturated heterocycles. The summed E-state index contributed by atoms with van der Waals surface area (Å²) >= 11 is 4.92. The summed E-state index contributed by atoms with van der Waals surface area (Å²) in [5, 5.41) is 16.3. The van der Waals surface area contributed by atoms with Gasteiger partial charge in [0.2, 0.25) is 11.8 Å². The molecule has 10 heteroatoms. The van der Waals surface area contributed by atoms with E-state index in [4.69, 9.17) is 0 Å². The number of aromatic nitrogens is 4. The molecule has 32 heavy (non-hydrogen) atoms. The van der Waals surface area contributed by atoms with E-state index in [0.29, 0.717) is 18.2 Å². The van der Waals surface area contributed by atoms with Crippen molar-refractivity contribution < 1.29 is 9.59 Å². The molecule has 0 fully saturated rings. The second-order valence-corrected chi connectivity index (χ2v) is 9.74. The van der Waals surface area contributed by atoms with Crippen molar-refractivity contribution in [3.8, 4) is 11.4 Å². The zero-order valence-electron chi connectivity index (χ0n) is 18.3. The van der Waals surface area contributed by atoms with Gasteiger partial charge in [-0.2, -0.15) is 0 Å². The van der Waals surface area contributed by atoms with Crippen molar-refractivity contribution in [3.63, 3.8) is 0 Å². The molecule has 8 nitrogen and oxygen atoms in total. The highest BCUT2D eigenvalue weighted by Crippen LogP contribution is 2.21. The Morgan fingerprint density at radius 1 is 1.16 bits per heavy atom. The number of rotatable bonds is 10. The van der Waals surface area contributed by atoms with E-state index >= 15 is 0 Å². The van der Waals surface area contributed by atoms with Crippen LogP contribution in [0.2, 0.25) is 0 Å². The molecule has 3 rings (SSSR count). The summed E-state index contributed by atoms with van der Waals surface area (Å²) < 4.78 is 2.68. The minimum Gasteiger partial charge on any atom is -0.351 e. The quantitative estimate of drug-likeness (QED) is 0.422. The zero-order valence-corrected chi connectivity index (χ0v) is 20.7. The molecule has 0 bridgehead atoms. The van der Waals surface area contributed by atoms with Gasteiger partial charge in [0.25, 0.3) is 0 Å². The molecule has 3 aromatic rings. The highest BCUT2D eigenvalue weighted by molar-refractivity contribution is 9.10. The normalized spacial score (nSPS) is 13.0. The molecule has 1 unspecified atom stereocenters. The molecule has 0 radical (unpaired) electrons. The van der Waals surface area contributed by atoms with E-state index in [1.165, 1.54) is 18.3 Å². The van der Waals surface area contributed by atoms with Gasteiger partial charge in [-0.1, -0.05) is 47.1 Å². The van der Waals surface area contributed by atoms with Gasteiger partial charge in [-0.3, -0.25) is 9.59 Å². The largest absolute Gasteiger partial charge is 0.351 e. The van der Waals surface area contributed by atoms with Crippen LogP contribution in [0.1, 0.15) is 45.2 Å². The second-order valence-electron chi connectivity index (χ2n) is 8.10. The first-order valence-corrected chi connectivity index (χ1v) is 12.1. The maximum absolute atomic E-state index is 12.9. The third kappa shape index (κ3) is 7.23. The Balaban J connectivity index is 1.67.